The van der Waals surface area contributed by atoms with E-state index in [1.165, 1.54) is 0 Å². The molecule has 1 saturated heterocycles. The molecule has 2 N–H and O–H groups in total. The lowest BCUT2D eigenvalue weighted by Gasteiger charge is -2.37. The van der Waals surface area contributed by atoms with E-state index >= 15 is 0 Å². The van der Waals surface area contributed by atoms with Gasteiger partial charge in [-0.2, -0.15) is 0 Å². The van der Waals surface area contributed by atoms with Crippen LogP contribution < -0.4 is 15.5 Å². The Morgan fingerprint density at radius 3 is 2.70 bits per heavy atom. The number of benzene rings is 1. The molecule has 1 unspecified atom stereocenters. The molecule has 0 bridgehead atoms. The molecule has 142 valence electrons. The van der Waals surface area contributed by atoms with Crippen molar-refractivity contribution in [2.75, 3.05) is 48.3 Å². The van der Waals surface area contributed by atoms with Gasteiger partial charge in [-0.3, -0.25) is 4.79 Å². The van der Waals surface area contributed by atoms with Gasteiger partial charge >= 0.3 is 0 Å². The van der Waals surface area contributed by atoms with E-state index in [1.54, 1.807) is 0 Å². The molecule has 2 aliphatic rings. The van der Waals surface area contributed by atoms with E-state index < -0.39 is 0 Å². The Bertz CT molecular complexity index is 814. The predicted octanol–water partition coefficient (Wildman–Crippen LogP) is 2.76. The first-order valence-corrected chi connectivity index (χ1v) is 9.71. The highest BCUT2D eigenvalue weighted by Gasteiger charge is 2.33. The number of amides is 1. The molecule has 0 radical (unpaired) electrons. The maximum absolute atomic E-state index is 13.1. The maximum Gasteiger partial charge on any atom is 0.232 e. The van der Waals surface area contributed by atoms with E-state index in [1.807, 2.05) is 35.4 Å². The molecule has 1 aromatic heterocycles. The SMILES string of the molecule is CC(C)Nc1cccnc1N1CCN(C(=O)C2CNc3ccccc32)CC1. The van der Waals surface area contributed by atoms with Crippen molar-refractivity contribution < 1.29 is 4.79 Å². The summed E-state index contributed by atoms with van der Waals surface area (Å²) in [7, 11) is 0. The van der Waals surface area contributed by atoms with E-state index in [0.717, 1.165) is 48.9 Å². The summed E-state index contributed by atoms with van der Waals surface area (Å²) in [6, 6.07) is 12.5. The lowest BCUT2D eigenvalue weighted by atomic mass is 9.99. The molecular formula is C21H27N5O. The molecule has 0 saturated carbocycles. The number of hydrogen-bond donors (Lipinski definition) is 2. The molecule has 0 spiro atoms. The van der Waals surface area contributed by atoms with Crippen LogP contribution in [-0.4, -0.2) is 54.6 Å². The van der Waals surface area contributed by atoms with Crippen molar-refractivity contribution in [2.45, 2.75) is 25.8 Å². The monoisotopic (exact) mass is 365 g/mol. The first-order chi connectivity index (χ1) is 13.1. The number of rotatable bonds is 4. The summed E-state index contributed by atoms with van der Waals surface area (Å²) in [5, 5.41) is 6.82. The van der Waals surface area contributed by atoms with Gasteiger partial charge in [-0.05, 0) is 37.6 Å². The molecule has 3 heterocycles. The van der Waals surface area contributed by atoms with Gasteiger partial charge in [0.25, 0.3) is 0 Å². The van der Waals surface area contributed by atoms with Gasteiger partial charge in [0.1, 0.15) is 0 Å². The molecule has 4 rings (SSSR count). The topological polar surface area (TPSA) is 60.5 Å². The first-order valence-electron chi connectivity index (χ1n) is 9.71. The molecule has 1 amide bonds. The number of carbonyl (C=O) groups excluding carboxylic acids is 1. The summed E-state index contributed by atoms with van der Waals surface area (Å²) in [6.07, 6.45) is 1.83. The quantitative estimate of drug-likeness (QED) is 0.872. The number of aromatic nitrogens is 1. The zero-order valence-corrected chi connectivity index (χ0v) is 16.0. The van der Waals surface area contributed by atoms with Gasteiger partial charge in [-0.25, -0.2) is 4.98 Å². The molecule has 1 aromatic carbocycles. The van der Waals surface area contributed by atoms with Gasteiger partial charge in [-0.15, -0.1) is 0 Å². The fourth-order valence-corrected chi connectivity index (χ4v) is 3.94. The van der Waals surface area contributed by atoms with Gasteiger partial charge in [0.2, 0.25) is 5.91 Å². The molecule has 6 nitrogen and oxygen atoms in total. The van der Waals surface area contributed by atoms with Gasteiger partial charge in [0, 0.05) is 50.6 Å². The standard InChI is InChI=1S/C21H27N5O/c1-15(2)24-19-8-5-9-22-20(19)25-10-12-26(13-11-25)21(27)17-14-23-18-7-4-3-6-16(17)18/h3-9,15,17,23-24H,10-14H2,1-2H3. The third-order valence-corrected chi connectivity index (χ3v) is 5.25. The lowest BCUT2D eigenvalue weighted by Crippen LogP contribution is -2.50. The highest BCUT2D eigenvalue weighted by Crippen LogP contribution is 2.33. The number of nitrogens with zero attached hydrogens (tertiary/aromatic N) is 3. The van der Waals surface area contributed by atoms with E-state index in [9.17, 15) is 4.79 Å². The summed E-state index contributed by atoms with van der Waals surface area (Å²) < 4.78 is 0. The number of anilines is 3. The number of pyridine rings is 1. The van der Waals surface area contributed by atoms with Crippen LogP contribution in [0.4, 0.5) is 17.2 Å². The Morgan fingerprint density at radius 1 is 1.15 bits per heavy atom. The van der Waals surface area contributed by atoms with Crippen LogP contribution in [0.1, 0.15) is 25.3 Å². The first kappa shape index (κ1) is 17.6. The number of piperazine rings is 1. The summed E-state index contributed by atoms with van der Waals surface area (Å²) in [5.41, 5.74) is 3.27. The van der Waals surface area contributed by atoms with Crippen LogP contribution in [0.5, 0.6) is 0 Å². The minimum atomic E-state index is -0.0687. The molecule has 27 heavy (non-hydrogen) atoms. The third-order valence-electron chi connectivity index (χ3n) is 5.25. The van der Waals surface area contributed by atoms with Crippen LogP contribution in [0.25, 0.3) is 0 Å². The molecule has 2 aliphatic heterocycles. The largest absolute Gasteiger partial charge is 0.384 e. The highest BCUT2D eigenvalue weighted by molar-refractivity contribution is 5.88. The van der Waals surface area contributed by atoms with Crippen molar-refractivity contribution >= 4 is 23.1 Å². The van der Waals surface area contributed by atoms with Gasteiger partial charge in [0.05, 0.1) is 11.6 Å². The van der Waals surface area contributed by atoms with Gasteiger partial charge < -0.3 is 20.4 Å². The third kappa shape index (κ3) is 3.56. The minimum Gasteiger partial charge on any atom is -0.384 e. The average Bonchev–Trinajstić information content (AvgIpc) is 3.12. The van der Waals surface area contributed by atoms with Crippen LogP contribution in [-0.2, 0) is 4.79 Å². The zero-order chi connectivity index (χ0) is 18.8. The van der Waals surface area contributed by atoms with E-state index in [4.69, 9.17) is 0 Å². The van der Waals surface area contributed by atoms with Crippen molar-refractivity contribution in [3.63, 3.8) is 0 Å². The van der Waals surface area contributed by atoms with Crippen molar-refractivity contribution in [1.29, 1.82) is 0 Å². The van der Waals surface area contributed by atoms with Crippen molar-refractivity contribution in [2.24, 2.45) is 0 Å². The molecular weight excluding hydrogens is 338 g/mol. The van der Waals surface area contributed by atoms with Crippen molar-refractivity contribution in [1.82, 2.24) is 9.88 Å². The van der Waals surface area contributed by atoms with Crippen molar-refractivity contribution in [3.05, 3.63) is 48.2 Å². The number of para-hydroxylation sites is 1. The zero-order valence-electron chi connectivity index (χ0n) is 16.0. The second-order valence-corrected chi connectivity index (χ2v) is 7.51. The lowest BCUT2D eigenvalue weighted by molar-refractivity contribution is -0.132. The Hall–Kier alpha value is -2.76. The summed E-state index contributed by atoms with van der Waals surface area (Å²) in [4.78, 5) is 21.9. The average molecular weight is 365 g/mol. The second kappa shape index (κ2) is 7.47. The number of nitrogens with one attached hydrogen (secondary N) is 2. The number of fused-ring (bicyclic) bond motifs is 1. The molecule has 0 aliphatic carbocycles. The summed E-state index contributed by atoms with van der Waals surface area (Å²) >= 11 is 0. The van der Waals surface area contributed by atoms with Crippen LogP contribution in [0.3, 0.4) is 0 Å². The normalized spacial score (nSPS) is 19.0. The van der Waals surface area contributed by atoms with Crippen LogP contribution >= 0.6 is 0 Å². The molecule has 2 aromatic rings. The van der Waals surface area contributed by atoms with Crippen LogP contribution in [0.15, 0.2) is 42.6 Å². The maximum atomic E-state index is 13.1. The molecule has 1 atom stereocenters. The van der Waals surface area contributed by atoms with E-state index in [-0.39, 0.29) is 11.8 Å². The Balaban J connectivity index is 1.42. The fourth-order valence-electron chi connectivity index (χ4n) is 3.94. The molecule has 6 heteroatoms. The highest BCUT2D eigenvalue weighted by atomic mass is 16.2. The Morgan fingerprint density at radius 2 is 1.93 bits per heavy atom. The minimum absolute atomic E-state index is 0.0687. The van der Waals surface area contributed by atoms with Crippen LogP contribution in [0.2, 0.25) is 0 Å². The smallest absolute Gasteiger partial charge is 0.232 e. The van der Waals surface area contributed by atoms with Gasteiger partial charge in [-0.1, -0.05) is 18.2 Å². The van der Waals surface area contributed by atoms with E-state index in [0.29, 0.717) is 12.6 Å². The predicted molar refractivity (Wildman–Crippen MR) is 109 cm³/mol. The number of hydrogen-bond acceptors (Lipinski definition) is 5. The van der Waals surface area contributed by atoms with E-state index in [2.05, 4.69) is 46.5 Å². The summed E-state index contributed by atoms with van der Waals surface area (Å²) in [5.74, 6) is 1.14. The van der Waals surface area contributed by atoms with Crippen LogP contribution in [0, 0.1) is 0 Å². The van der Waals surface area contributed by atoms with Crippen molar-refractivity contribution in [3.8, 4) is 0 Å². The molecule has 1 fully saturated rings. The van der Waals surface area contributed by atoms with Gasteiger partial charge in [0.15, 0.2) is 5.82 Å². The Labute approximate surface area is 160 Å². The second-order valence-electron chi connectivity index (χ2n) is 7.51. The fraction of sp³-hybridized carbons (Fsp3) is 0.429. The summed E-state index contributed by atoms with van der Waals surface area (Å²) in [6.45, 7) is 8.02. The number of carbonyl (C=O) groups is 1. The Kier molecular flexibility index (Phi) is 4.88.